The molecule has 0 aliphatic heterocycles. The Hall–Kier alpha value is -2.10. The number of nitrogens with one attached hydrogen (secondary N) is 1. The summed E-state index contributed by atoms with van der Waals surface area (Å²) in [6, 6.07) is 12.2. The van der Waals surface area contributed by atoms with Gasteiger partial charge in [-0.1, -0.05) is 30.3 Å². The molecule has 1 aromatic carbocycles. The number of rotatable bonds is 6. The Morgan fingerprint density at radius 2 is 1.95 bits per heavy atom. The monoisotopic (exact) mass is 282 g/mol. The van der Waals surface area contributed by atoms with Crippen LogP contribution in [0.15, 0.2) is 36.4 Å². The SMILES string of the molecule is CCNc1cc(N(C)CC2CC2)nc(-c2ccccc2)n1. The van der Waals surface area contributed by atoms with Crippen molar-refractivity contribution in [1.29, 1.82) is 0 Å². The molecule has 0 spiro atoms. The molecule has 3 rings (SSSR count). The second kappa shape index (κ2) is 6.12. The lowest BCUT2D eigenvalue weighted by atomic mass is 10.2. The summed E-state index contributed by atoms with van der Waals surface area (Å²) in [7, 11) is 2.12. The molecule has 1 heterocycles. The molecule has 0 bridgehead atoms. The summed E-state index contributed by atoms with van der Waals surface area (Å²) in [5.74, 6) is 3.51. The van der Waals surface area contributed by atoms with Gasteiger partial charge in [0.25, 0.3) is 0 Å². The van der Waals surface area contributed by atoms with Crippen LogP contribution in [0.1, 0.15) is 19.8 Å². The molecule has 0 unspecified atom stereocenters. The molecule has 1 saturated carbocycles. The van der Waals surface area contributed by atoms with Crippen molar-refractivity contribution >= 4 is 11.6 Å². The third kappa shape index (κ3) is 3.51. The zero-order valence-electron chi connectivity index (χ0n) is 12.7. The maximum atomic E-state index is 4.74. The van der Waals surface area contributed by atoms with Gasteiger partial charge in [-0.05, 0) is 25.7 Å². The summed E-state index contributed by atoms with van der Waals surface area (Å²) in [5.41, 5.74) is 1.05. The average Bonchev–Trinajstić information content (AvgIpc) is 3.32. The van der Waals surface area contributed by atoms with Crippen molar-refractivity contribution in [3.8, 4) is 11.4 Å². The largest absolute Gasteiger partial charge is 0.370 e. The third-order valence-electron chi connectivity index (χ3n) is 3.72. The molecule has 4 heteroatoms. The van der Waals surface area contributed by atoms with Gasteiger partial charge in [-0.15, -0.1) is 0 Å². The van der Waals surface area contributed by atoms with E-state index in [9.17, 15) is 0 Å². The van der Waals surface area contributed by atoms with Gasteiger partial charge in [0.2, 0.25) is 0 Å². The average molecular weight is 282 g/mol. The topological polar surface area (TPSA) is 41.0 Å². The van der Waals surface area contributed by atoms with E-state index in [1.807, 2.05) is 24.3 Å². The van der Waals surface area contributed by atoms with E-state index < -0.39 is 0 Å². The van der Waals surface area contributed by atoms with Gasteiger partial charge in [-0.2, -0.15) is 0 Å². The first-order valence-corrected chi connectivity index (χ1v) is 7.65. The predicted octanol–water partition coefficient (Wildman–Crippen LogP) is 3.42. The molecule has 0 radical (unpaired) electrons. The van der Waals surface area contributed by atoms with Gasteiger partial charge < -0.3 is 10.2 Å². The first-order valence-electron chi connectivity index (χ1n) is 7.65. The molecule has 0 amide bonds. The van der Waals surface area contributed by atoms with Gasteiger partial charge in [0, 0.05) is 31.8 Å². The van der Waals surface area contributed by atoms with Gasteiger partial charge in [0.15, 0.2) is 5.82 Å². The summed E-state index contributed by atoms with van der Waals surface area (Å²) < 4.78 is 0. The summed E-state index contributed by atoms with van der Waals surface area (Å²) in [6.45, 7) is 4.02. The Bertz CT molecular complexity index is 593. The number of nitrogens with zero attached hydrogens (tertiary/aromatic N) is 3. The Balaban J connectivity index is 1.93. The minimum atomic E-state index is 0.784. The van der Waals surface area contributed by atoms with Crippen molar-refractivity contribution in [1.82, 2.24) is 9.97 Å². The molecule has 21 heavy (non-hydrogen) atoms. The normalized spacial score (nSPS) is 14.0. The fraction of sp³-hybridized carbons (Fsp3) is 0.412. The lowest BCUT2D eigenvalue weighted by Crippen LogP contribution is -2.21. The maximum absolute atomic E-state index is 4.74. The van der Waals surface area contributed by atoms with Gasteiger partial charge in [0.1, 0.15) is 11.6 Å². The van der Waals surface area contributed by atoms with E-state index in [2.05, 4.69) is 41.3 Å². The zero-order chi connectivity index (χ0) is 14.7. The van der Waals surface area contributed by atoms with Crippen LogP contribution in [0.4, 0.5) is 11.6 Å². The van der Waals surface area contributed by atoms with E-state index in [1.165, 1.54) is 12.8 Å². The van der Waals surface area contributed by atoms with Gasteiger partial charge >= 0.3 is 0 Å². The summed E-state index contributed by atoms with van der Waals surface area (Å²) in [6.07, 6.45) is 2.70. The fourth-order valence-corrected chi connectivity index (χ4v) is 2.40. The first kappa shape index (κ1) is 13.9. The first-order chi connectivity index (χ1) is 10.3. The highest BCUT2D eigenvalue weighted by Gasteiger charge is 2.23. The number of hydrogen-bond acceptors (Lipinski definition) is 4. The summed E-state index contributed by atoms with van der Waals surface area (Å²) in [4.78, 5) is 11.6. The van der Waals surface area contributed by atoms with Gasteiger partial charge in [-0.3, -0.25) is 0 Å². The van der Waals surface area contributed by atoms with Crippen LogP contribution < -0.4 is 10.2 Å². The van der Waals surface area contributed by atoms with Crippen LogP contribution in [0.3, 0.4) is 0 Å². The van der Waals surface area contributed by atoms with Crippen molar-refractivity contribution in [2.75, 3.05) is 30.4 Å². The van der Waals surface area contributed by atoms with Crippen molar-refractivity contribution in [2.24, 2.45) is 5.92 Å². The predicted molar refractivity (Wildman–Crippen MR) is 87.6 cm³/mol. The number of aromatic nitrogens is 2. The molecule has 110 valence electrons. The minimum Gasteiger partial charge on any atom is -0.370 e. The fourth-order valence-electron chi connectivity index (χ4n) is 2.40. The molecular weight excluding hydrogens is 260 g/mol. The summed E-state index contributed by atoms with van der Waals surface area (Å²) >= 11 is 0. The van der Waals surface area contributed by atoms with Crippen molar-refractivity contribution < 1.29 is 0 Å². The second-order valence-electron chi connectivity index (χ2n) is 5.66. The molecule has 0 atom stereocenters. The Morgan fingerprint density at radius 1 is 1.19 bits per heavy atom. The van der Waals surface area contributed by atoms with Gasteiger partial charge in [0.05, 0.1) is 0 Å². The van der Waals surface area contributed by atoms with E-state index in [4.69, 9.17) is 4.98 Å². The van der Waals surface area contributed by atoms with Gasteiger partial charge in [-0.25, -0.2) is 9.97 Å². The Labute approximate surface area is 126 Å². The van der Waals surface area contributed by atoms with Crippen LogP contribution in [-0.2, 0) is 0 Å². The highest BCUT2D eigenvalue weighted by molar-refractivity contribution is 5.61. The van der Waals surface area contributed by atoms with Crippen LogP contribution in [0.2, 0.25) is 0 Å². The van der Waals surface area contributed by atoms with Crippen LogP contribution in [0.25, 0.3) is 11.4 Å². The standard InChI is InChI=1S/C17H22N4/c1-3-18-15-11-16(21(2)12-13-9-10-13)20-17(19-15)14-7-5-4-6-8-14/h4-8,11,13H,3,9-10,12H2,1-2H3,(H,18,19,20). The molecular formula is C17H22N4. The van der Waals surface area contributed by atoms with Crippen LogP contribution in [0.5, 0.6) is 0 Å². The minimum absolute atomic E-state index is 0.784. The van der Waals surface area contributed by atoms with E-state index in [1.54, 1.807) is 0 Å². The van der Waals surface area contributed by atoms with Crippen molar-refractivity contribution in [2.45, 2.75) is 19.8 Å². The third-order valence-corrected chi connectivity index (χ3v) is 3.72. The Kier molecular flexibility index (Phi) is 4.04. The number of anilines is 2. The molecule has 0 saturated heterocycles. The quantitative estimate of drug-likeness (QED) is 0.881. The molecule has 1 aromatic heterocycles. The van der Waals surface area contributed by atoms with Crippen LogP contribution in [0, 0.1) is 5.92 Å². The maximum Gasteiger partial charge on any atom is 0.163 e. The smallest absolute Gasteiger partial charge is 0.163 e. The summed E-state index contributed by atoms with van der Waals surface area (Å²) in [5, 5.41) is 3.30. The zero-order valence-corrected chi connectivity index (χ0v) is 12.7. The molecule has 2 aromatic rings. The second-order valence-corrected chi connectivity index (χ2v) is 5.66. The number of hydrogen-bond donors (Lipinski definition) is 1. The lowest BCUT2D eigenvalue weighted by molar-refractivity contribution is 0.776. The van der Waals surface area contributed by atoms with E-state index in [-0.39, 0.29) is 0 Å². The lowest BCUT2D eigenvalue weighted by Gasteiger charge is -2.19. The molecule has 1 aliphatic rings. The molecule has 1 aliphatic carbocycles. The van der Waals surface area contributed by atoms with E-state index in [0.29, 0.717) is 0 Å². The Morgan fingerprint density at radius 3 is 2.62 bits per heavy atom. The number of benzene rings is 1. The van der Waals surface area contributed by atoms with E-state index in [0.717, 1.165) is 42.0 Å². The van der Waals surface area contributed by atoms with E-state index >= 15 is 0 Å². The van der Waals surface area contributed by atoms with Crippen LogP contribution in [-0.4, -0.2) is 30.1 Å². The molecule has 1 N–H and O–H groups in total. The van der Waals surface area contributed by atoms with Crippen LogP contribution >= 0.6 is 0 Å². The highest BCUT2D eigenvalue weighted by atomic mass is 15.2. The molecule has 1 fully saturated rings. The molecule has 4 nitrogen and oxygen atoms in total. The van der Waals surface area contributed by atoms with Crippen molar-refractivity contribution in [3.63, 3.8) is 0 Å². The van der Waals surface area contributed by atoms with Crippen molar-refractivity contribution in [3.05, 3.63) is 36.4 Å². The highest BCUT2D eigenvalue weighted by Crippen LogP contribution is 2.31.